The minimum absolute atomic E-state index is 0.292. The number of rotatable bonds is 6. The molecular weight excluding hydrogens is 496 g/mol. The molecule has 0 saturated carbocycles. The number of aryl methyl sites for hydroxylation is 1. The Morgan fingerprint density at radius 3 is 2.74 bits per heavy atom. The molecule has 9 nitrogen and oxygen atoms in total. The van der Waals surface area contributed by atoms with Crippen molar-refractivity contribution in [1.29, 1.82) is 0 Å². The van der Waals surface area contributed by atoms with E-state index in [-0.39, 0.29) is 6.23 Å². The van der Waals surface area contributed by atoms with Crippen LogP contribution >= 0.6 is 11.3 Å². The number of aliphatic hydroxyl groups excluding tert-OH is 1. The Bertz CT molecular complexity index is 1450. The molecule has 1 aromatic carbocycles. The van der Waals surface area contributed by atoms with Crippen molar-refractivity contribution >= 4 is 49.6 Å². The first kappa shape index (κ1) is 24.3. The van der Waals surface area contributed by atoms with Crippen LogP contribution in [0.4, 0.5) is 17.2 Å². The summed E-state index contributed by atoms with van der Waals surface area (Å²) >= 11 is 1.77. The maximum atomic E-state index is 10.9. The molecule has 2 saturated heterocycles. The number of aromatic nitrogens is 4. The zero-order chi connectivity index (χ0) is 25.8. The molecule has 5 heterocycles. The van der Waals surface area contributed by atoms with Gasteiger partial charge in [0.2, 0.25) is 0 Å². The fourth-order valence-electron chi connectivity index (χ4n) is 6.48. The number of aliphatic hydroxyl groups is 1. The molecule has 2 aliphatic heterocycles. The quantitative estimate of drug-likeness (QED) is 0.343. The number of likely N-dealkylation sites (tertiary alicyclic amines) is 1. The third-order valence-corrected chi connectivity index (χ3v) is 10.1. The van der Waals surface area contributed by atoms with Gasteiger partial charge in [-0.1, -0.05) is 0 Å². The second-order valence-electron chi connectivity index (χ2n) is 11.3. The van der Waals surface area contributed by atoms with Gasteiger partial charge in [0.15, 0.2) is 0 Å². The van der Waals surface area contributed by atoms with Crippen LogP contribution in [0.15, 0.2) is 24.7 Å². The van der Waals surface area contributed by atoms with E-state index in [2.05, 4.69) is 61.4 Å². The highest BCUT2D eigenvalue weighted by Crippen LogP contribution is 2.43. The van der Waals surface area contributed by atoms with Crippen LogP contribution in [0.1, 0.15) is 36.1 Å². The van der Waals surface area contributed by atoms with Crippen molar-refractivity contribution in [1.82, 2.24) is 30.0 Å². The van der Waals surface area contributed by atoms with Gasteiger partial charge >= 0.3 is 0 Å². The van der Waals surface area contributed by atoms with Crippen molar-refractivity contribution in [2.45, 2.75) is 50.8 Å². The van der Waals surface area contributed by atoms with Crippen molar-refractivity contribution < 1.29 is 5.11 Å². The van der Waals surface area contributed by atoms with Crippen LogP contribution in [-0.2, 0) is 12.8 Å². The molecule has 7 rings (SSSR count). The average molecular weight is 533 g/mol. The maximum Gasteiger partial charge on any atom is 0.142 e. The molecule has 2 atom stereocenters. The summed E-state index contributed by atoms with van der Waals surface area (Å²) in [5.41, 5.74) is 4.65. The van der Waals surface area contributed by atoms with Crippen molar-refractivity contribution in [3.63, 3.8) is 0 Å². The summed E-state index contributed by atoms with van der Waals surface area (Å²) in [6, 6.07) is 5.04. The van der Waals surface area contributed by atoms with E-state index in [1.54, 1.807) is 17.7 Å². The fourth-order valence-corrected chi connectivity index (χ4v) is 7.76. The van der Waals surface area contributed by atoms with E-state index in [0.717, 1.165) is 90.9 Å². The number of H-pyrrole nitrogens is 1. The summed E-state index contributed by atoms with van der Waals surface area (Å²) in [4.78, 5) is 18.9. The Morgan fingerprint density at radius 1 is 1.13 bits per heavy atom. The minimum atomic E-state index is -0.327. The number of thiophene rings is 1. The van der Waals surface area contributed by atoms with Gasteiger partial charge in [-0.05, 0) is 70.3 Å². The van der Waals surface area contributed by atoms with Gasteiger partial charge in [0.1, 0.15) is 23.2 Å². The van der Waals surface area contributed by atoms with Crippen molar-refractivity contribution in [2.75, 3.05) is 50.5 Å². The van der Waals surface area contributed by atoms with Gasteiger partial charge in [0, 0.05) is 48.4 Å². The van der Waals surface area contributed by atoms with Crippen LogP contribution in [0, 0.1) is 5.92 Å². The molecule has 10 heteroatoms. The molecule has 3 aromatic heterocycles. The third kappa shape index (κ3) is 4.23. The molecule has 0 amide bonds. The smallest absolute Gasteiger partial charge is 0.142 e. The van der Waals surface area contributed by atoms with E-state index < -0.39 is 0 Å². The van der Waals surface area contributed by atoms with Crippen LogP contribution in [0.5, 0.6) is 0 Å². The molecule has 38 heavy (non-hydrogen) atoms. The molecule has 1 unspecified atom stereocenters. The topological polar surface area (TPSA) is 96.4 Å². The Balaban J connectivity index is 1.21. The van der Waals surface area contributed by atoms with Crippen molar-refractivity contribution in [3.8, 4) is 0 Å². The van der Waals surface area contributed by atoms with Gasteiger partial charge < -0.3 is 20.2 Å². The Labute approximate surface area is 226 Å². The Morgan fingerprint density at radius 2 is 1.97 bits per heavy atom. The van der Waals surface area contributed by atoms with Crippen LogP contribution < -0.4 is 10.2 Å². The highest BCUT2D eigenvalue weighted by molar-refractivity contribution is 7.19. The molecule has 2 fully saturated rings. The second kappa shape index (κ2) is 9.75. The number of aromatic amines is 1. The summed E-state index contributed by atoms with van der Waals surface area (Å²) in [6.45, 7) is 4.08. The van der Waals surface area contributed by atoms with Gasteiger partial charge in [-0.25, -0.2) is 9.97 Å². The first-order valence-corrected chi connectivity index (χ1v) is 14.7. The van der Waals surface area contributed by atoms with Crippen LogP contribution in [0.25, 0.3) is 21.1 Å². The van der Waals surface area contributed by atoms with Crippen molar-refractivity contribution in [2.24, 2.45) is 5.92 Å². The third-order valence-electron chi connectivity index (χ3n) is 8.91. The van der Waals surface area contributed by atoms with E-state index in [1.807, 2.05) is 6.20 Å². The molecule has 1 aliphatic carbocycles. The number of fused-ring (bicyclic) bond motifs is 4. The summed E-state index contributed by atoms with van der Waals surface area (Å²) in [5.74, 6) is 1.17. The zero-order valence-corrected chi connectivity index (χ0v) is 23.0. The summed E-state index contributed by atoms with van der Waals surface area (Å²) in [7, 11) is 4.36. The molecule has 0 bridgehead atoms. The van der Waals surface area contributed by atoms with Gasteiger partial charge in [0.05, 0.1) is 28.5 Å². The number of benzene rings is 1. The predicted octanol–water partition coefficient (Wildman–Crippen LogP) is 3.97. The SMILES string of the molecule is CN(C)C1CCN(c2cc3[nH]ncc3cc2Nc2ncnc3sc4c(c23)CC[C@H](C(O)N2CCC2)C4)CC1. The highest BCUT2D eigenvalue weighted by Gasteiger charge is 2.34. The zero-order valence-electron chi connectivity index (χ0n) is 22.2. The number of nitrogens with zero attached hydrogens (tertiary/aromatic N) is 6. The summed E-state index contributed by atoms with van der Waals surface area (Å²) in [6.07, 6.45) is 9.60. The van der Waals surface area contributed by atoms with E-state index in [4.69, 9.17) is 4.98 Å². The lowest BCUT2D eigenvalue weighted by molar-refractivity contribution is -0.0744. The van der Waals surface area contributed by atoms with Crippen LogP contribution in [0.3, 0.4) is 0 Å². The van der Waals surface area contributed by atoms with E-state index in [1.165, 1.54) is 22.5 Å². The van der Waals surface area contributed by atoms with Crippen LogP contribution in [-0.4, -0.2) is 87.6 Å². The molecule has 0 radical (unpaired) electrons. The first-order chi connectivity index (χ1) is 18.5. The van der Waals surface area contributed by atoms with Gasteiger partial charge in [0.25, 0.3) is 0 Å². The Kier molecular flexibility index (Phi) is 6.23. The van der Waals surface area contributed by atoms with Gasteiger partial charge in [-0.3, -0.25) is 10.00 Å². The largest absolute Gasteiger partial charge is 0.378 e. The predicted molar refractivity (Wildman–Crippen MR) is 153 cm³/mol. The number of anilines is 3. The second-order valence-corrected chi connectivity index (χ2v) is 12.4. The van der Waals surface area contributed by atoms with Crippen LogP contribution in [0.2, 0.25) is 0 Å². The molecule has 200 valence electrons. The molecule has 3 aliphatic rings. The van der Waals surface area contributed by atoms with Gasteiger partial charge in [-0.15, -0.1) is 11.3 Å². The summed E-state index contributed by atoms with van der Waals surface area (Å²) < 4.78 is 0. The highest BCUT2D eigenvalue weighted by atomic mass is 32.1. The molecule has 4 aromatic rings. The first-order valence-electron chi connectivity index (χ1n) is 13.9. The maximum absolute atomic E-state index is 10.9. The summed E-state index contributed by atoms with van der Waals surface area (Å²) in [5, 5.41) is 24.3. The number of hydrogen-bond donors (Lipinski definition) is 3. The van der Waals surface area contributed by atoms with Crippen molar-refractivity contribution in [3.05, 3.63) is 35.1 Å². The van der Waals surface area contributed by atoms with Gasteiger partial charge in [-0.2, -0.15) is 5.10 Å². The lowest BCUT2D eigenvalue weighted by atomic mass is 9.85. The molecule has 3 N–H and O–H groups in total. The van der Waals surface area contributed by atoms with E-state index >= 15 is 0 Å². The Hall–Kier alpha value is -2.79. The lowest BCUT2D eigenvalue weighted by Gasteiger charge is -2.40. The lowest BCUT2D eigenvalue weighted by Crippen LogP contribution is -2.49. The minimum Gasteiger partial charge on any atom is -0.378 e. The monoisotopic (exact) mass is 532 g/mol. The number of piperidine rings is 1. The van der Waals surface area contributed by atoms with E-state index in [0.29, 0.717) is 12.0 Å². The molecule has 0 spiro atoms. The fraction of sp³-hybridized carbons (Fsp3) is 0.536. The number of nitrogens with one attached hydrogen (secondary N) is 2. The standard InChI is InChI=1S/C28H36N8OS/c1-34(2)19-6-10-35(11-7-19)23-14-21-18(15-31-33-21)12-22(23)32-26-25-20-5-4-17(28(37)36-8-3-9-36)13-24(20)38-27(25)30-16-29-26/h12,14-17,19,28,37H,3-11,13H2,1-2H3,(H,31,33)(H,29,30,32)/t17-,28?/m0/s1. The molecular formula is C28H36N8OS. The average Bonchev–Trinajstić information content (AvgIpc) is 3.51. The van der Waals surface area contributed by atoms with E-state index in [9.17, 15) is 5.11 Å². The normalized spacial score (nSPS) is 21.7. The number of hydrogen-bond acceptors (Lipinski definition) is 9.